The summed E-state index contributed by atoms with van der Waals surface area (Å²) >= 11 is 0. The van der Waals surface area contributed by atoms with Crippen LogP contribution in [-0.2, 0) is 20.0 Å². The molecule has 1 fully saturated rings. The van der Waals surface area contributed by atoms with Gasteiger partial charge in [0.2, 0.25) is 25.7 Å². The third kappa shape index (κ3) is 4.93. The molecule has 1 aromatic heterocycles. The van der Waals surface area contributed by atoms with Gasteiger partial charge in [-0.3, -0.25) is 4.79 Å². The van der Waals surface area contributed by atoms with Gasteiger partial charge in [0, 0.05) is 23.4 Å². The van der Waals surface area contributed by atoms with Crippen molar-refractivity contribution in [1.29, 1.82) is 0 Å². The Morgan fingerprint density at radius 1 is 1.09 bits per heavy atom. The van der Waals surface area contributed by atoms with Crippen molar-refractivity contribution in [3.8, 4) is 0 Å². The van der Waals surface area contributed by atoms with Gasteiger partial charge in [0.1, 0.15) is 0 Å². The molecule has 168 valence electrons. The number of benzene rings is 1. The number of carbonyl (C=O) groups excluding carboxylic acids is 1. The third-order valence-corrected chi connectivity index (χ3v) is 9.25. The number of carbonyl (C=O) groups is 1. The molecule has 0 radical (unpaired) electrons. The first-order valence-electron chi connectivity index (χ1n) is 10.1. The van der Waals surface area contributed by atoms with Gasteiger partial charge < -0.3 is 10.3 Å². The molecule has 1 saturated heterocycles. The van der Waals surface area contributed by atoms with E-state index in [0.717, 1.165) is 36.8 Å². The lowest BCUT2D eigenvalue weighted by atomic mass is 9.89. The number of H-pyrrole nitrogens is 1. The van der Waals surface area contributed by atoms with Crippen LogP contribution in [0.25, 0.3) is 10.4 Å². The lowest BCUT2D eigenvalue weighted by Crippen LogP contribution is -2.43. The average Bonchev–Trinajstić information content (AvgIpc) is 3.22. The molecule has 2 aromatic rings. The van der Waals surface area contributed by atoms with Gasteiger partial charge in [-0.1, -0.05) is 12.1 Å². The number of hydrogen-bond donors (Lipinski definition) is 3. The molecule has 9 nitrogen and oxygen atoms in total. The van der Waals surface area contributed by atoms with E-state index in [1.54, 1.807) is 22.3 Å². The molecule has 0 atom stereocenters. The summed E-state index contributed by atoms with van der Waals surface area (Å²) in [6.07, 6.45) is 7.31. The maximum atomic E-state index is 12.7. The van der Waals surface area contributed by atoms with Crippen LogP contribution >= 0.6 is 0 Å². The van der Waals surface area contributed by atoms with Gasteiger partial charge in [0.25, 0.3) is 5.91 Å². The van der Waals surface area contributed by atoms with Crippen LogP contribution in [0.15, 0.2) is 36.5 Å². The minimum Gasteiger partial charge on any atom is -0.368 e. The van der Waals surface area contributed by atoms with Gasteiger partial charge in [0.05, 0.1) is 23.8 Å². The lowest BCUT2D eigenvalue weighted by molar-refractivity contribution is 0.102. The zero-order valence-corrected chi connectivity index (χ0v) is 18.7. The largest absolute Gasteiger partial charge is 0.368 e. The van der Waals surface area contributed by atoms with Gasteiger partial charge in [-0.15, -0.1) is 4.13 Å². The summed E-state index contributed by atoms with van der Waals surface area (Å²) in [7, 11) is -7.88. The second-order valence-electron chi connectivity index (χ2n) is 7.96. The van der Waals surface area contributed by atoms with Crippen LogP contribution in [0, 0.1) is 6.57 Å². The van der Waals surface area contributed by atoms with Crippen LogP contribution in [0.4, 0.5) is 11.4 Å². The van der Waals surface area contributed by atoms with Crippen molar-refractivity contribution in [2.24, 2.45) is 0 Å². The molecule has 32 heavy (non-hydrogen) atoms. The molecular formula is C21H22N4O5S2. The molecule has 3 N–H and O–H groups in total. The van der Waals surface area contributed by atoms with Gasteiger partial charge in [-0.05, 0) is 55.0 Å². The number of nitrogens with one attached hydrogen (secondary N) is 3. The normalized spacial score (nSPS) is 20.2. The SMILES string of the molecule is [C-]#[N+]c1c[nH]c(C(=O)Nc2ccc(C3CS(=O)(=O)NS(=O)(=O)C3)cc2C2=CCCCC2)c1. The van der Waals surface area contributed by atoms with E-state index in [1.165, 1.54) is 12.3 Å². The highest BCUT2D eigenvalue weighted by atomic mass is 32.3. The molecule has 1 aliphatic carbocycles. The highest BCUT2D eigenvalue weighted by Gasteiger charge is 2.35. The minimum absolute atomic E-state index is 0.249. The van der Waals surface area contributed by atoms with Crippen LogP contribution in [0.5, 0.6) is 0 Å². The summed E-state index contributed by atoms with van der Waals surface area (Å²) in [5, 5.41) is 2.86. The highest BCUT2D eigenvalue weighted by molar-refractivity contribution is 8.05. The lowest BCUT2D eigenvalue weighted by Gasteiger charge is -2.25. The molecule has 2 heterocycles. The number of rotatable bonds is 4. The topological polar surface area (TPSA) is 130 Å². The molecule has 2 aliphatic rings. The van der Waals surface area contributed by atoms with Crippen molar-refractivity contribution >= 4 is 42.9 Å². The fourth-order valence-corrected chi connectivity index (χ4v) is 7.99. The number of nitrogens with zero attached hydrogens (tertiary/aromatic N) is 1. The first-order valence-corrected chi connectivity index (χ1v) is 13.4. The summed E-state index contributed by atoms with van der Waals surface area (Å²) in [5.41, 5.74) is 3.49. The molecule has 1 amide bonds. The fourth-order valence-electron chi connectivity index (χ4n) is 4.07. The van der Waals surface area contributed by atoms with Crippen LogP contribution in [-0.4, -0.2) is 39.2 Å². The zero-order chi connectivity index (χ0) is 22.9. The Kier molecular flexibility index (Phi) is 5.94. The van der Waals surface area contributed by atoms with Crippen molar-refractivity contribution in [3.05, 3.63) is 64.8 Å². The van der Waals surface area contributed by atoms with E-state index in [4.69, 9.17) is 6.57 Å². The number of sulfonamides is 2. The molecule has 11 heteroatoms. The Balaban J connectivity index is 1.70. The fraction of sp³-hybridized carbons (Fsp3) is 0.333. The maximum absolute atomic E-state index is 12.7. The third-order valence-electron chi connectivity index (χ3n) is 5.54. The number of amides is 1. The number of aromatic amines is 1. The number of hydrogen-bond acceptors (Lipinski definition) is 5. The van der Waals surface area contributed by atoms with Gasteiger partial charge in [-0.25, -0.2) is 21.7 Å². The smallest absolute Gasteiger partial charge is 0.270 e. The molecule has 0 saturated carbocycles. The Hall–Kier alpha value is -2.94. The highest BCUT2D eigenvalue weighted by Crippen LogP contribution is 2.35. The second kappa shape index (κ2) is 8.54. The quantitative estimate of drug-likeness (QED) is 0.586. The number of aromatic nitrogens is 1. The van der Waals surface area contributed by atoms with Gasteiger partial charge >= 0.3 is 0 Å². The maximum Gasteiger partial charge on any atom is 0.270 e. The standard InChI is InChI=1S/C21H22N4O5S2/c1-22-17-10-20(23-11-17)21(26)24-19-8-7-15(9-18(19)14-5-3-2-4-6-14)16-12-31(27,28)25-32(29,30)13-16/h5,7-11,16,23,25H,2-4,6,12-13H2,(H,24,26). The van der Waals surface area contributed by atoms with E-state index >= 15 is 0 Å². The van der Waals surface area contributed by atoms with Crippen LogP contribution in [0.2, 0.25) is 0 Å². The van der Waals surface area contributed by atoms with Crippen molar-refractivity contribution in [1.82, 2.24) is 9.11 Å². The van der Waals surface area contributed by atoms with Crippen molar-refractivity contribution in [2.75, 3.05) is 16.8 Å². The molecule has 1 aromatic carbocycles. The van der Waals surface area contributed by atoms with E-state index in [0.29, 0.717) is 16.9 Å². The Bertz CT molecular complexity index is 1320. The monoisotopic (exact) mass is 474 g/mol. The number of anilines is 1. The molecular weight excluding hydrogens is 452 g/mol. The minimum atomic E-state index is -3.94. The molecule has 4 rings (SSSR count). The van der Waals surface area contributed by atoms with Crippen LogP contribution < -0.4 is 9.44 Å². The predicted molar refractivity (Wildman–Crippen MR) is 121 cm³/mol. The van der Waals surface area contributed by atoms with Crippen molar-refractivity contribution in [3.63, 3.8) is 0 Å². The second-order valence-corrected chi connectivity index (χ2v) is 11.8. The summed E-state index contributed by atoms with van der Waals surface area (Å²) < 4.78 is 49.9. The van der Waals surface area contributed by atoms with Crippen LogP contribution in [0.1, 0.15) is 53.2 Å². The summed E-state index contributed by atoms with van der Waals surface area (Å²) in [4.78, 5) is 18.8. The Morgan fingerprint density at radius 3 is 2.47 bits per heavy atom. The van der Waals surface area contributed by atoms with E-state index in [-0.39, 0.29) is 17.2 Å². The first-order chi connectivity index (χ1) is 15.2. The van der Waals surface area contributed by atoms with E-state index in [1.807, 2.05) is 0 Å². The average molecular weight is 475 g/mol. The van der Waals surface area contributed by atoms with Crippen molar-refractivity contribution in [2.45, 2.75) is 31.6 Å². The zero-order valence-electron chi connectivity index (χ0n) is 17.1. The number of allylic oxidation sites excluding steroid dienone is 2. The molecule has 0 unspecified atom stereocenters. The van der Waals surface area contributed by atoms with E-state index in [2.05, 4.69) is 21.2 Å². The van der Waals surface area contributed by atoms with Crippen molar-refractivity contribution < 1.29 is 21.6 Å². The van der Waals surface area contributed by atoms with E-state index < -0.39 is 31.9 Å². The first kappa shape index (κ1) is 22.3. The van der Waals surface area contributed by atoms with Gasteiger partial charge in [-0.2, -0.15) is 0 Å². The van der Waals surface area contributed by atoms with E-state index in [9.17, 15) is 21.6 Å². The van der Waals surface area contributed by atoms with Gasteiger partial charge in [0.15, 0.2) is 0 Å². The summed E-state index contributed by atoms with van der Waals surface area (Å²) in [6, 6.07) is 6.58. The molecule has 0 bridgehead atoms. The Labute approximate surface area is 186 Å². The molecule has 0 spiro atoms. The van der Waals surface area contributed by atoms with Crippen LogP contribution in [0.3, 0.4) is 0 Å². The molecule has 1 aliphatic heterocycles. The Morgan fingerprint density at radius 2 is 1.84 bits per heavy atom. The predicted octanol–water partition coefficient (Wildman–Crippen LogP) is 3.12. The summed E-state index contributed by atoms with van der Waals surface area (Å²) in [6.45, 7) is 7.04. The summed E-state index contributed by atoms with van der Waals surface area (Å²) in [5.74, 6) is -1.75.